The van der Waals surface area contributed by atoms with Gasteiger partial charge in [0, 0.05) is 17.7 Å². The lowest BCUT2D eigenvalue weighted by Crippen LogP contribution is -2.20. The summed E-state index contributed by atoms with van der Waals surface area (Å²) in [5, 5.41) is 10.0. The van der Waals surface area contributed by atoms with Crippen LogP contribution in [0.15, 0.2) is 72.3 Å². The fourth-order valence-electron chi connectivity index (χ4n) is 2.03. The third-order valence-corrected chi connectivity index (χ3v) is 3.13. The molecule has 0 saturated heterocycles. The Labute approximate surface area is 134 Å². The fourth-order valence-corrected chi connectivity index (χ4v) is 2.03. The zero-order valence-corrected chi connectivity index (χ0v) is 13.0. The van der Waals surface area contributed by atoms with E-state index in [1.165, 1.54) is 18.8 Å². The average molecular weight is 312 g/mol. The number of hydrogen-bond acceptors (Lipinski definition) is 4. The minimum atomic E-state index is -0.708. The zero-order valence-electron chi connectivity index (χ0n) is 13.0. The number of carbonyl (C=O) groups is 1. The van der Waals surface area contributed by atoms with Gasteiger partial charge in [-0.15, -0.1) is 4.58 Å². The number of esters is 1. The van der Waals surface area contributed by atoms with Crippen LogP contribution in [0.2, 0.25) is 0 Å². The van der Waals surface area contributed by atoms with E-state index in [9.17, 15) is 9.90 Å². The molecule has 2 rings (SSSR count). The van der Waals surface area contributed by atoms with Crippen LogP contribution < -0.4 is 0 Å². The van der Waals surface area contributed by atoms with Crippen LogP contribution in [0.4, 0.5) is 5.69 Å². The van der Waals surface area contributed by atoms with Crippen molar-refractivity contribution in [1.29, 1.82) is 0 Å². The Morgan fingerprint density at radius 2 is 1.52 bits per heavy atom. The molecule has 0 aliphatic heterocycles. The van der Waals surface area contributed by atoms with Crippen molar-refractivity contribution in [2.45, 2.75) is 0 Å². The molecule has 5 heteroatoms. The third-order valence-electron chi connectivity index (χ3n) is 3.13. The Morgan fingerprint density at radius 1 is 0.957 bits per heavy atom. The van der Waals surface area contributed by atoms with E-state index in [2.05, 4.69) is 0 Å². The zero-order chi connectivity index (χ0) is 16.7. The molecule has 0 saturated carbocycles. The largest absolute Gasteiger partial charge is 0.476 e. The first-order valence-corrected chi connectivity index (χ1v) is 6.97. The van der Waals surface area contributed by atoms with Gasteiger partial charge in [-0.2, -0.15) is 0 Å². The molecular formula is C18H18NO4+. The standard InChI is InChI=1S/C18H17NO4/c1-22-17(20)16(18(21)23-2)19(15-11-7-4-8-12-15)13-14-9-5-3-6-10-14/h3-13H,1-2H3/p+1. The molecule has 0 aliphatic carbocycles. The van der Waals surface area contributed by atoms with E-state index in [0.29, 0.717) is 5.69 Å². The molecule has 0 atom stereocenters. The molecule has 0 bridgehead atoms. The van der Waals surface area contributed by atoms with Crippen LogP contribution in [-0.2, 0) is 14.3 Å². The van der Waals surface area contributed by atoms with Gasteiger partial charge in [0.1, 0.15) is 0 Å². The highest BCUT2D eigenvalue weighted by molar-refractivity contribution is 5.88. The fraction of sp³-hybridized carbons (Fsp3) is 0.111. The van der Waals surface area contributed by atoms with Crippen LogP contribution in [0, 0.1) is 0 Å². The van der Waals surface area contributed by atoms with Crippen LogP contribution in [0.3, 0.4) is 0 Å². The first kappa shape index (κ1) is 16.3. The van der Waals surface area contributed by atoms with Gasteiger partial charge in [-0.3, -0.25) is 0 Å². The Bertz CT molecular complexity index is 721. The van der Waals surface area contributed by atoms with E-state index in [1.54, 1.807) is 6.21 Å². The molecular weight excluding hydrogens is 294 g/mol. The number of hydrogen-bond donors (Lipinski definition) is 1. The third kappa shape index (κ3) is 3.97. The molecule has 2 aromatic carbocycles. The van der Waals surface area contributed by atoms with E-state index < -0.39 is 11.9 Å². The van der Waals surface area contributed by atoms with Crippen molar-refractivity contribution in [2.24, 2.45) is 0 Å². The van der Waals surface area contributed by atoms with Gasteiger partial charge in [0.25, 0.3) is 0 Å². The summed E-state index contributed by atoms with van der Waals surface area (Å²) < 4.78 is 11.2. The number of carbonyl (C=O) groups excluding carboxylic acids is 1. The number of para-hydroxylation sites is 1. The van der Waals surface area contributed by atoms with Gasteiger partial charge >= 0.3 is 17.6 Å². The summed E-state index contributed by atoms with van der Waals surface area (Å²) in [7, 11) is 2.53. The molecule has 0 aromatic heterocycles. The first-order valence-electron chi connectivity index (χ1n) is 6.97. The lowest BCUT2D eigenvalue weighted by atomic mass is 10.2. The summed E-state index contributed by atoms with van der Waals surface area (Å²) in [4.78, 5) is 12.1. The number of aliphatic hydroxyl groups excluding tert-OH is 1. The second kappa shape index (κ2) is 7.79. The van der Waals surface area contributed by atoms with Gasteiger partial charge in [0.2, 0.25) is 5.69 Å². The monoisotopic (exact) mass is 312 g/mol. The molecule has 118 valence electrons. The summed E-state index contributed by atoms with van der Waals surface area (Å²) in [6.45, 7) is 0. The van der Waals surface area contributed by atoms with Gasteiger partial charge in [-0.1, -0.05) is 36.4 Å². The number of ether oxygens (including phenoxy) is 2. The van der Waals surface area contributed by atoms with E-state index in [1.807, 2.05) is 60.7 Å². The molecule has 23 heavy (non-hydrogen) atoms. The molecule has 0 fully saturated rings. The Kier molecular flexibility index (Phi) is 5.52. The highest BCUT2D eigenvalue weighted by Gasteiger charge is 2.32. The Morgan fingerprint density at radius 3 is 2.04 bits per heavy atom. The Hall–Kier alpha value is -3.08. The van der Waals surface area contributed by atoms with Gasteiger partial charge in [0.05, 0.1) is 14.2 Å². The van der Waals surface area contributed by atoms with Crippen LogP contribution in [0.25, 0.3) is 0 Å². The predicted octanol–water partition coefficient (Wildman–Crippen LogP) is 3.00. The second-order valence-electron chi connectivity index (χ2n) is 4.59. The molecule has 0 heterocycles. The van der Waals surface area contributed by atoms with E-state index in [-0.39, 0.29) is 5.70 Å². The van der Waals surface area contributed by atoms with Crippen LogP contribution in [0.1, 0.15) is 5.56 Å². The number of benzene rings is 2. The van der Waals surface area contributed by atoms with Crippen molar-refractivity contribution in [3.63, 3.8) is 0 Å². The van der Waals surface area contributed by atoms with Crippen molar-refractivity contribution in [2.75, 3.05) is 14.2 Å². The highest BCUT2D eigenvalue weighted by Crippen LogP contribution is 2.19. The summed E-state index contributed by atoms with van der Waals surface area (Å²) in [5.74, 6) is -1.23. The summed E-state index contributed by atoms with van der Waals surface area (Å²) in [6, 6.07) is 18.6. The number of nitrogens with zero attached hydrogens (tertiary/aromatic N) is 1. The van der Waals surface area contributed by atoms with Crippen LogP contribution in [0.5, 0.6) is 0 Å². The molecule has 2 aromatic rings. The van der Waals surface area contributed by atoms with Gasteiger partial charge < -0.3 is 14.6 Å². The smallest absolute Gasteiger partial charge is 0.411 e. The lowest BCUT2D eigenvalue weighted by molar-refractivity contribution is -0.381. The summed E-state index contributed by atoms with van der Waals surface area (Å²) in [5.41, 5.74) is 1.42. The topological polar surface area (TPSA) is 58.8 Å². The molecule has 0 aliphatic rings. The minimum absolute atomic E-state index is 0.106. The normalized spacial score (nSPS) is 12.3. The molecule has 0 radical (unpaired) electrons. The van der Waals surface area contributed by atoms with Crippen molar-refractivity contribution in [3.05, 3.63) is 77.9 Å². The molecule has 0 spiro atoms. The highest BCUT2D eigenvalue weighted by atomic mass is 16.6. The Balaban J connectivity index is 2.67. The van der Waals surface area contributed by atoms with Crippen LogP contribution >= 0.6 is 0 Å². The van der Waals surface area contributed by atoms with Crippen molar-refractivity contribution in [3.8, 4) is 0 Å². The van der Waals surface area contributed by atoms with Crippen molar-refractivity contribution >= 4 is 17.9 Å². The molecule has 0 amide bonds. The first-order chi connectivity index (χ1) is 11.2. The maximum atomic E-state index is 12.1. The summed E-state index contributed by atoms with van der Waals surface area (Å²) >= 11 is 0. The lowest BCUT2D eigenvalue weighted by Gasteiger charge is -2.06. The SMILES string of the molecule is COC(=O)/C(=C(/O)OC)[N+](=Cc1ccccc1)c1ccccc1. The maximum absolute atomic E-state index is 12.1. The predicted molar refractivity (Wildman–Crippen MR) is 86.7 cm³/mol. The van der Waals surface area contributed by atoms with E-state index in [4.69, 9.17) is 9.47 Å². The quantitative estimate of drug-likeness (QED) is 0.303. The second-order valence-corrected chi connectivity index (χ2v) is 4.59. The van der Waals surface area contributed by atoms with E-state index in [0.717, 1.165) is 5.56 Å². The maximum Gasteiger partial charge on any atom is 0.411 e. The van der Waals surface area contributed by atoms with Crippen molar-refractivity contribution in [1.82, 2.24) is 0 Å². The number of rotatable bonds is 5. The molecule has 0 unspecified atom stereocenters. The van der Waals surface area contributed by atoms with Gasteiger partial charge in [-0.25, -0.2) is 4.79 Å². The molecule has 1 N–H and O–H groups in total. The van der Waals surface area contributed by atoms with Crippen molar-refractivity contribution < 1.29 is 24.0 Å². The summed E-state index contributed by atoms with van der Waals surface area (Å²) in [6.07, 6.45) is 1.72. The van der Waals surface area contributed by atoms with Crippen LogP contribution in [-0.4, -0.2) is 36.1 Å². The molecule has 5 nitrogen and oxygen atoms in total. The number of methoxy groups -OCH3 is 2. The van der Waals surface area contributed by atoms with Gasteiger partial charge in [-0.05, 0) is 12.1 Å². The van der Waals surface area contributed by atoms with Gasteiger partial charge in [0.15, 0.2) is 6.21 Å². The minimum Gasteiger partial charge on any atom is -0.476 e. The average Bonchev–Trinajstić information content (AvgIpc) is 2.62. The van der Waals surface area contributed by atoms with E-state index >= 15 is 0 Å². The number of aliphatic hydroxyl groups is 1.